The van der Waals surface area contributed by atoms with Crippen molar-refractivity contribution >= 4 is 29.8 Å². The van der Waals surface area contributed by atoms with E-state index in [-0.39, 0.29) is 52.1 Å². The van der Waals surface area contributed by atoms with Crippen LogP contribution in [-0.2, 0) is 19.1 Å². The summed E-state index contributed by atoms with van der Waals surface area (Å²) in [5.74, 6) is -2.23. The predicted molar refractivity (Wildman–Crippen MR) is 148 cm³/mol. The molecule has 0 unspecified atom stereocenters. The summed E-state index contributed by atoms with van der Waals surface area (Å²) in [5, 5.41) is 11.6. The van der Waals surface area contributed by atoms with E-state index in [2.05, 4.69) is 0 Å². The maximum absolute atomic E-state index is 13.4. The maximum Gasteiger partial charge on any atom is 0.342 e. The number of esters is 3. The minimum Gasteiger partial charge on any atom is -0.507 e. The van der Waals surface area contributed by atoms with Crippen LogP contribution >= 0.6 is 0 Å². The van der Waals surface area contributed by atoms with Crippen LogP contribution in [0.5, 0.6) is 28.7 Å². The monoisotopic (exact) mass is 566 g/mol. The van der Waals surface area contributed by atoms with Gasteiger partial charge in [0.2, 0.25) is 5.75 Å². The number of ketones is 1. The molecule has 2 aromatic rings. The van der Waals surface area contributed by atoms with Crippen molar-refractivity contribution in [3.63, 3.8) is 0 Å². The summed E-state index contributed by atoms with van der Waals surface area (Å²) in [6.45, 7) is 2.99. The fraction of sp³-hybridized carbons (Fsp3) is 0.419. The van der Waals surface area contributed by atoms with Gasteiger partial charge in [-0.3, -0.25) is 14.4 Å². The second kappa shape index (κ2) is 12.9. The largest absolute Gasteiger partial charge is 0.507 e. The molecule has 0 spiro atoms. The van der Waals surface area contributed by atoms with Gasteiger partial charge in [-0.05, 0) is 61.9 Å². The molecule has 2 heterocycles. The Hall–Kier alpha value is -4.34. The van der Waals surface area contributed by atoms with E-state index in [0.717, 1.165) is 0 Å². The zero-order chi connectivity index (χ0) is 29.7. The van der Waals surface area contributed by atoms with Crippen LogP contribution in [0.4, 0.5) is 0 Å². The van der Waals surface area contributed by atoms with Crippen LogP contribution in [-0.4, -0.2) is 49.1 Å². The molecular formula is C31H34O10. The maximum atomic E-state index is 13.4. The lowest BCUT2D eigenvalue weighted by atomic mass is 9.83. The number of allylic oxidation sites excluding steroid dienone is 1. The van der Waals surface area contributed by atoms with E-state index in [1.807, 2.05) is 6.08 Å². The Morgan fingerprint density at radius 2 is 1.71 bits per heavy atom. The summed E-state index contributed by atoms with van der Waals surface area (Å²) in [4.78, 5) is 50.0. The van der Waals surface area contributed by atoms with Gasteiger partial charge >= 0.3 is 17.9 Å². The van der Waals surface area contributed by atoms with Gasteiger partial charge in [0.25, 0.3) is 0 Å². The number of carbonyl (C=O) groups is 4. The van der Waals surface area contributed by atoms with Gasteiger partial charge in [-0.1, -0.05) is 12.2 Å². The molecule has 0 saturated carbocycles. The third kappa shape index (κ3) is 6.70. The zero-order valence-corrected chi connectivity index (χ0v) is 23.6. The second-order valence-electron chi connectivity index (χ2n) is 10.1. The first kappa shape index (κ1) is 29.6. The summed E-state index contributed by atoms with van der Waals surface area (Å²) in [5.41, 5.74) is 1.03. The van der Waals surface area contributed by atoms with E-state index < -0.39 is 29.9 Å². The van der Waals surface area contributed by atoms with Crippen molar-refractivity contribution in [3.05, 3.63) is 46.5 Å². The number of carbonyl (C=O) groups excluding carboxylic acids is 4. The van der Waals surface area contributed by atoms with Gasteiger partial charge in [0.15, 0.2) is 11.5 Å². The number of benzene rings is 2. The lowest BCUT2D eigenvalue weighted by molar-refractivity contribution is -0.135. The van der Waals surface area contributed by atoms with Crippen LogP contribution in [0.25, 0.3) is 6.08 Å². The molecule has 0 amide bonds. The van der Waals surface area contributed by atoms with Crippen molar-refractivity contribution in [3.8, 4) is 28.7 Å². The summed E-state index contributed by atoms with van der Waals surface area (Å²) in [6, 6.07) is 4.71. The van der Waals surface area contributed by atoms with E-state index in [1.54, 1.807) is 25.1 Å². The molecule has 41 heavy (non-hydrogen) atoms. The number of hydrogen-bond acceptors (Lipinski definition) is 10. The van der Waals surface area contributed by atoms with Crippen molar-refractivity contribution in [2.24, 2.45) is 0 Å². The first-order valence-electron chi connectivity index (χ1n) is 13.6. The lowest BCUT2D eigenvalue weighted by Gasteiger charge is -2.28. The molecule has 2 aromatic carbocycles. The fourth-order valence-corrected chi connectivity index (χ4v) is 5.15. The Morgan fingerprint density at radius 1 is 1.02 bits per heavy atom. The van der Waals surface area contributed by atoms with Crippen molar-refractivity contribution in [2.75, 3.05) is 14.2 Å². The minimum absolute atomic E-state index is 0.0432. The van der Waals surface area contributed by atoms with E-state index in [0.29, 0.717) is 49.7 Å². The van der Waals surface area contributed by atoms with E-state index >= 15 is 0 Å². The molecule has 4 rings (SSSR count). The number of ether oxygens (including phenoxy) is 5. The third-order valence-electron chi connectivity index (χ3n) is 7.11. The highest BCUT2D eigenvalue weighted by Crippen LogP contribution is 2.50. The van der Waals surface area contributed by atoms with Gasteiger partial charge in [-0.15, -0.1) is 0 Å². The second-order valence-corrected chi connectivity index (χ2v) is 10.1. The Balaban J connectivity index is 1.86. The molecular weight excluding hydrogens is 532 g/mol. The topological polar surface area (TPSA) is 135 Å². The molecule has 218 valence electrons. The molecule has 0 aromatic heterocycles. The van der Waals surface area contributed by atoms with Gasteiger partial charge in [-0.2, -0.15) is 0 Å². The number of Topliss-reactive ketones (excluding diaryl/α,β-unsaturated/α-hetero) is 1. The predicted octanol–water partition coefficient (Wildman–Crippen LogP) is 5.26. The number of phenols is 1. The highest BCUT2D eigenvalue weighted by molar-refractivity contribution is 5.98. The number of rotatable bonds is 4. The molecule has 0 saturated heterocycles. The average Bonchev–Trinajstić information content (AvgIpc) is 2.91. The van der Waals surface area contributed by atoms with Crippen molar-refractivity contribution in [2.45, 2.75) is 70.8 Å². The summed E-state index contributed by atoms with van der Waals surface area (Å²) >= 11 is 0. The molecule has 2 atom stereocenters. The van der Waals surface area contributed by atoms with Crippen LogP contribution in [0.15, 0.2) is 24.3 Å². The highest BCUT2D eigenvalue weighted by atomic mass is 16.6. The number of phenolic OH excluding ortho intramolecular Hbond substituents is 1. The number of fused-ring (bicyclic) bond motifs is 2. The molecule has 10 heteroatoms. The normalized spacial score (nSPS) is 19.7. The number of aromatic hydroxyl groups is 1. The quantitative estimate of drug-likeness (QED) is 0.386. The first-order chi connectivity index (χ1) is 19.6. The zero-order valence-electron chi connectivity index (χ0n) is 23.6. The van der Waals surface area contributed by atoms with Gasteiger partial charge in [0, 0.05) is 31.2 Å². The Labute approximate surface area is 238 Å². The molecule has 10 nitrogen and oxygen atoms in total. The Morgan fingerprint density at radius 3 is 2.37 bits per heavy atom. The van der Waals surface area contributed by atoms with Crippen molar-refractivity contribution in [1.82, 2.24) is 0 Å². The SMILES string of the molecule is COc1cc([C@@H]2CC(=O)Oc3cc4c(c(O)c32)C(=O)O[C@@H](C)CCCC(=O)CCCC=C4)cc(OC)c1OC(C)=O. The summed E-state index contributed by atoms with van der Waals surface area (Å²) < 4.78 is 27.4. The first-order valence-corrected chi connectivity index (χ1v) is 13.6. The van der Waals surface area contributed by atoms with Crippen LogP contribution in [0.3, 0.4) is 0 Å². The van der Waals surface area contributed by atoms with Gasteiger partial charge in [-0.25, -0.2) is 4.79 Å². The van der Waals surface area contributed by atoms with Crippen LogP contribution in [0.1, 0.15) is 91.8 Å². The molecule has 0 aliphatic carbocycles. The smallest absolute Gasteiger partial charge is 0.342 e. The molecule has 1 N–H and O–H groups in total. The van der Waals surface area contributed by atoms with E-state index in [4.69, 9.17) is 23.7 Å². The van der Waals surface area contributed by atoms with Crippen LogP contribution in [0, 0.1) is 0 Å². The van der Waals surface area contributed by atoms with Gasteiger partial charge < -0.3 is 28.8 Å². The average molecular weight is 567 g/mol. The molecule has 0 radical (unpaired) electrons. The molecule has 2 aliphatic heterocycles. The van der Waals surface area contributed by atoms with Crippen LogP contribution < -0.4 is 18.9 Å². The minimum atomic E-state index is -0.751. The summed E-state index contributed by atoms with van der Waals surface area (Å²) in [7, 11) is 2.80. The lowest BCUT2D eigenvalue weighted by Crippen LogP contribution is -2.23. The Bertz CT molecular complexity index is 1360. The number of cyclic esters (lactones) is 1. The molecule has 0 bridgehead atoms. The van der Waals surface area contributed by atoms with Gasteiger partial charge in [0.1, 0.15) is 22.8 Å². The molecule has 0 fully saturated rings. The Kier molecular flexibility index (Phi) is 9.31. The highest BCUT2D eigenvalue weighted by Gasteiger charge is 2.36. The van der Waals surface area contributed by atoms with Gasteiger partial charge in [0.05, 0.1) is 26.7 Å². The van der Waals surface area contributed by atoms with Crippen LogP contribution in [0.2, 0.25) is 0 Å². The number of methoxy groups -OCH3 is 2. The van der Waals surface area contributed by atoms with E-state index in [9.17, 15) is 24.3 Å². The number of hydrogen-bond donors (Lipinski definition) is 1. The van der Waals surface area contributed by atoms with Crippen molar-refractivity contribution < 1.29 is 48.0 Å². The molecule has 2 aliphatic rings. The third-order valence-corrected chi connectivity index (χ3v) is 7.11. The summed E-state index contributed by atoms with van der Waals surface area (Å²) in [6.07, 6.45) is 6.08. The van der Waals surface area contributed by atoms with Crippen molar-refractivity contribution in [1.29, 1.82) is 0 Å². The van der Waals surface area contributed by atoms with E-state index in [1.165, 1.54) is 27.2 Å². The standard InChI is InChI=1S/C31H34O10/c1-17-9-8-12-21(33)11-7-5-6-10-19-13-23-28(29(35)27(19)31(36)39-17)22(16-26(34)41-23)20-14-24(37-3)30(40-18(2)32)25(15-20)38-4/h6,10,13-15,17,22,35H,5,7-9,11-12,16H2,1-4H3/t17-,22-/m0/s1. The fourth-order valence-electron chi connectivity index (χ4n) is 5.15.